The standard InChI is InChI=1S/C18H24O3/c1-2-15-17(13-18-16(21-15)9-6-11-19-18)20-12-10-14-7-4-3-5-8-14/h2-5,7-8,15-18H,1,6,9-13H2/t15-,16+,17-,18-/m1/s1. The van der Waals surface area contributed by atoms with Gasteiger partial charge in [0.15, 0.2) is 0 Å². The Morgan fingerprint density at radius 1 is 1.24 bits per heavy atom. The summed E-state index contributed by atoms with van der Waals surface area (Å²) in [6.45, 7) is 5.45. The van der Waals surface area contributed by atoms with Crippen molar-refractivity contribution in [2.75, 3.05) is 13.2 Å². The van der Waals surface area contributed by atoms with E-state index in [1.54, 1.807) is 0 Å². The van der Waals surface area contributed by atoms with Crippen LogP contribution in [-0.4, -0.2) is 37.6 Å². The Morgan fingerprint density at radius 3 is 2.90 bits per heavy atom. The molecule has 1 aromatic carbocycles. The van der Waals surface area contributed by atoms with Gasteiger partial charge in [-0.1, -0.05) is 36.4 Å². The van der Waals surface area contributed by atoms with E-state index in [1.807, 2.05) is 12.1 Å². The van der Waals surface area contributed by atoms with Gasteiger partial charge < -0.3 is 14.2 Å². The molecule has 3 rings (SSSR count). The molecule has 2 aliphatic heterocycles. The molecule has 0 aliphatic carbocycles. The topological polar surface area (TPSA) is 27.7 Å². The number of hydrogen-bond acceptors (Lipinski definition) is 3. The Kier molecular flexibility index (Phi) is 5.07. The van der Waals surface area contributed by atoms with Crippen molar-refractivity contribution in [2.45, 2.75) is 50.1 Å². The van der Waals surface area contributed by atoms with E-state index in [0.29, 0.717) is 6.61 Å². The molecule has 2 heterocycles. The Hall–Kier alpha value is -1.16. The van der Waals surface area contributed by atoms with Gasteiger partial charge in [-0.25, -0.2) is 0 Å². The zero-order chi connectivity index (χ0) is 14.5. The lowest BCUT2D eigenvalue weighted by Crippen LogP contribution is -2.50. The number of rotatable bonds is 5. The molecule has 2 fully saturated rings. The van der Waals surface area contributed by atoms with Crippen molar-refractivity contribution in [2.24, 2.45) is 0 Å². The van der Waals surface area contributed by atoms with Gasteiger partial charge in [0.2, 0.25) is 0 Å². The quantitative estimate of drug-likeness (QED) is 0.779. The molecular formula is C18H24O3. The molecule has 0 N–H and O–H groups in total. The van der Waals surface area contributed by atoms with Crippen LogP contribution < -0.4 is 0 Å². The van der Waals surface area contributed by atoms with Gasteiger partial charge in [0.1, 0.15) is 6.10 Å². The first-order valence-corrected chi connectivity index (χ1v) is 7.92. The summed E-state index contributed by atoms with van der Waals surface area (Å²) in [4.78, 5) is 0. The van der Waals surface area contributed by atoms with Gasteiger partial charge in [-0.3, -0.25) is 0 Å². The molecule has 4 atom stereocenters. The Bertz CT molecular complexity index is 445. The molecule has 3 nitrogen and oxygen atoms in total. The van der Waals surface area contributed by atoms with E-state index < -0.39 is 0 Å². The fourth-order valence-corrected chi connectivity index (χ4v) is 3.18. The van der Waals surface area contributed by atoms with Gasteiger partial charge in [-0.05, 0) is 24.8 Å². The molecule has 3 heteroatoms. The van der Waals surface area contributed by atoms with Crippen LogP contribution in [0.1, 0.15) is 24.8 Å². The molecule has 0 aromatic heterocycles. The van der Waals surface area contributed by atoms with Crippen molar-refractivity contribution in [3.8, 4) is 0 Å². The molecule has 21 heavy (non-hydrogen) atoms. The van der Waals surface area contributed by atoms with Crippen molar-refractivity contribution in [1.82, 2.24) is 0 Å². The molecule has 0 spiro atoms. The first-order valence-electron chi connectivity index (χ1n) is 7.92. The van der Waals surface area contributed by atoms with Crippen LogP contribution in [0.5, 0.6) is 0 Å². The lowest BCUT2D eigenvalue weighted by Gasteiger charge is -2.42. The van der Waals surface area contributed by atoms with Crippen LogP contribution in [0.3, 0.4) is 0 Å². The molecule has 0 saturated carbocycles. The first kappa shape index (κ1) is 14.8. The predicted molar refractivity (Wildman–Crippen MR) is 82.3 cm³/mol. The minimum Gasteiger partial charge on any atom is -0.375 e. The molecule has 0 unspecified atom stereocenters. The third-order valence-electron chi connectivity index (χ3n) is 4.34. The van der Waals surface area contributed by atoms with Crippen molar-refractivity contribution >= 4 is 0 Å². The monoisotopic (exact) mass is 288 g/mol. The van der Waals surface area contributed by atoms with Gasteiger partial charge in [-0.15, -0.1) is 6.58 Å². The smallest absolute Gasteiger partial charge is 0.102 e. The van der Waals surface area contributed by atoms with Gasteiger partial charge in [0.05, 0.1) is 24.9 Å². The summed E-state index contributed by atoms with van der Waals surface area (Å²) in [5.74, 6) is 0. The molecule has 2 aliphatic rings. The zero-order valence-corrected chi connectivity index (χ0v) is 12.4. The van der Waals surface area contributed by atoms with E-state index in [1.165, 1.54) is 5.56 Å². The van der Waals surface area contributed by atoms with Crippen LogP contribution in [0, 0.1) is 0 Å². The first-order chi connectivity index (χ1) is 10.4. The SMILES string of the molecule is C=C[C@H]1O[C@H]2CCCO[C@@H]2C[C@H]1OCCc1ccccc1. The maximum atomic E-state index is 6.09. The van der Waals surface area contributed by atoms with Crippen LogP contribution >= 0.6 is 0 Å². The Labute approximate surface area is 126 Å². The minimum absolute atomic E-state index is 0.0104. The maximum Gasteiger partial charge on any atom is 0.102 e. The number of hydrogen-bond donors (Lipinski definition) is 0. The van der Waals surface area contributed by atoms with Crippen molar-refractivity contribution in [3.63, 3.8) is 0 Å². The van der Waals surface area contributed by atoms with E-state index in [0.717, 1.165) is 32.3 Å². The van der Waals surface area contributed by atoms with E-state index in [-0.39, 0.29) is 24.4 Å². The van der Waals surface area contributed by atoms with Crippen molar-refractivity contribution in [3.05, 3.63) is 48.6 Å². The maximum absolute atomic E-state index is 6.09. The number of fused-ring (bicyclic) bond motifs is 1. The van der Waals surface area contributed by atoms with E-state index in [9.17, 15) is 0 Å². The third kappa shape index (κ3) is 3.73. The zero-order valence-electron chi connectivity index (χ0n) is 12.4. The molecule has 114 valence electrons. The van der Waals surface area contributed by atoms with Crippen molar-refractivity contribution in [1.29, 1.82) is 0 Å². The normalized spacial score (nSPS) is 32.4. The van der Waals surface area contributed by atoms with E-state index in [2.05, 4.69) is 30.8 Å². The molecule has 0 radical (unpaired) electrons. The highest BCUT2D eigenvalue weighted by molar-refractivity contribution is 5.14. The van der Waals surface area contributed by atoms with Gasteiger partial charge in [-0.2, -0.15) is 0 Å². The number of ether oxygens (including phenoxy) is 3. The number of benzene rings is 1. The fraction of sp³-hybridized carbons (Fsp3) is 0.556. The van der Waals surface area contributed by atoms with Crippen LogP contribution in [0.15, 0.2) is 43.0 Å². The highest BCUT2D eigenvalue weighted by atomic mass is 16.6. The van der Waals surface area contributed by atoms with E-state index >= 15 is 0 Å². The third-order valence-corrected chi connectivity index (χ3v) is 4.34. The van der Waals surface area contributed by atoms with Gasteiger partial charge >= 0.3 is 0 Å². The van der Waals surface area contributed by atoms with Crippen LogP contribution in [0.2, 0.25) is 0 Å². The summed E-state index contributed by atoms with van der Waals surface area (Å²) in [5.41, 5.74) is 1.30. The van der Waals surface area contributed by atoms with Crippen molar-refractivity contribution < 1.29 is 14.2 Å². The average molecular weight is 288 g/mol. The fourth-order valence-electron chi connectivity index (χ4n) is 3.18. The van der Waals surface area contributed by atoms with Crippen LogP contribution in [-0.2, 0) is 20.6 Å². The van der Waals surface area contributed by atoms with Crippen LogP contribution in [0.25, 0.3) is 0 Å². The summed E-state index contributed by atoms with van der Waals surface area (Å²) >= 11 is 0. The largest absolute Gasteiger partial charge is 0.375 e. The van der Waals surface area contributed by atoms with Gasteiger partial charge in [0.25, 0.3) is 0 Å². The van der Waals surface area contributed by atoms with Gasteiger partial charge in [0, 0.05) is 13.0 Å². The molecule has 0 bridgehead atoms. The Morgan fingerprint density at radius 2 is 2.10 bits per heavy atom. The summed E-state index contributed by atoms with van der Waals surface area (Å²) in [6, 6.07) is 10.4. The molecule has 2 saturated heterocycles. The molecular weight excluding hydrogens is 264 g/mol. The lowest BCUT2D eigenvalue weighted by molar-refractivity contribution is -0.199. The predicted octanol–water partition coefficient (Wildman–Crippen LogP) is 3.14. The highest BCUT2D eigenvalue weighted by Gasteiger charge is 2.39. The molecule has 0 amide bonds. The summed E-state index contributed by atoms with van der Waals surface area (Å²) < 4.78 is 18.0. The lowest BCUT2D eigenvalue weighted by atomic mass is 9.93. The van der Waals surface area contributed by atoms with Crippen LogP contribution in [0.4, 0.5) is 0 Å². The highest BCUT2D eigenvalue weighted by Crippen LogP contribution is 2.30. The average Bonchev–Trinajstić information content (AvgIpc) is 2.55. The summed E-state index contributed by atoms with van der Waals surface area (Å²) in [6.07, 6.45) is 6.35. The molecule has 1 aromatic rings. The van der Waals surface area contributed by atoms with E-state index in [4.69, 9.17) is 14.2 Å². The Balaban J connectivity index is 1.52. The second-order valence-corrected chi connectivity index (χ2v) is 5.81. The summed E-state index contributed by atoms with van der Waals surface area (Å²) in [7, 11) is 0. The second-order valence-electron chi connectivity index (χ2n) is 5.81. The summed E-state index contributed by atoms with van der Waals surface area (Å²) in [5, 5.41) is 0. The minimum atomic E-state index is -0.0104. The second kappa shape index (κ2) is 7.21.